The standard InChI is InChI=1S/C16H18N2/c1-2-15-17-14-11-7-6-10-13(14)16(18-15)12-8-4-3-5-9-12/h3-5,8-9H,2,6-7,10-11H2,1H3. The van der Waals surface area contributed by atoms with Crippen molar-refractivity contribution in [2.24, 2.45) is 0 Å². The lowest BCUT2D eigenvalue weighted by Crippen LogP contribution is -2.11. The number of aryl methyl sites for hydroxylation is 2. The highest BCUT2D eigenvalue weighted by molar-refractivity contribution is 5.64. The van der Waals surface area contributed by atoms with Gasteiger partial charge in [-0.05, 0) is 25.7 Å². The summed E-state index contributed by atoms with van der Waals surface area (Å²) in [6.45, 7) is 2.12. The molecular weight excluding hydrogens is 220 g/mol. The number of aromatic nitrogens is 2. The quantitative estimate of drug-likeness (QED) is 0.799. The summed E-state index contributed by atoms with van der Waals surface area (Å²) in [7, 11) is 0. The zero-order chi connectivity index (χ0) is 12.4. The van der Waals surface area contributed by atoms with E-state index in [1.807, 2.05) is 0 Å². The first-order valence-corrected chi connectivity index (χ1v) is 6.82. The molecule has 0 N–H and O–H groups in total. The fourth-order valence-electron chi connectivity index (χ4n) is 2.64. The second kappa shape index (κ2) is 4.89. The Balaban J connectivity index is 2.18. The van der Waals surface area contributed by atoms with E-state index in [1.165, 1.54) is 29.7 Å². The van der Waals surface area contributed by atoms with Gasteiger partial charge in [-0.1, -0.05) is 37.3 Å². The van der Waals surface area contributed by atoms with Crippen LogP contribution in [0.25, 0.3) is 11.3 Å². The molecule has 0 saturated heterocycles. The van der Waals surface area contributed by atoms with Gasteiger partial charge in [0.15, 0.2) is 0 Å². The Morgan fingerprint density at radius 2 is 1.78 bits per heavy atom. The second-order valence-electron chi connectivity index (χ2n) is 4.84. The summed E-state index contributed by atoms with van der Waals surface area (Å²) in [6, 6.07) is 10.5. The monoisotopic (exact) mass is 238 g/mol. The summed E-state index contributed by atoms with van der Waals surface area (Å²) in [5.74, 6) is 0.981. The highest BCUT2D eigenvalue weighted by atomic mass is 14.9. The van der Waals surface area contributed by atoms with Crippen LogP contribution in [0.2, 0.25) is 0 Å². The third-order valence-electron chi connectivity index (χ3n) is 3.59. The van der Waals surface area contributed by atoms with Crippen LogP contribution in [0.15, 0.2) is 30.3 Å². The minimum absolute atomic E-state index is 0.910. The molecule has 1 aromatic carbocycles. The van der Waals surface area contributed by atoms with Crippen LogP contribution >= 0.6 is 0 Å². The molecule has 0 atom stereocenters. The van der Waals surface area contributed by atoms with Crippen LogP contribution in [0, 0.1) is 0 Å². The Morgan fingerprint density at radius 3 is 2.56 bits per heavy atom. The van der Waals surface area contributed by atoms with E-state index in [0.717, 1.165) is 30.8 Å². The molecule has 92 valence electrons. The Kier molecular flexibility index (Phi) is 3.09. The average Bonchev–Trinajstić information content (AvgIpc) is 2.47. The van der Waals surface area contributed by atoms with Crippen LogP contribution < -0.4 is 0 Å². The zero-order valence-corrected chi connectivity index (χ0v) is 10.8. The Bertz CT molecular complexity index is 547. The third-order valence-corrected chi connectivity index (χ3v) is 3.59. The molecule has 18 heavy (non-hydrogen) atoms. The molecule has 2 nitrogen and oxygen atoms in total. The molecule has 0 radical (unpaired) electrons. The average molecular weight is 238 g/mol. The molecule has 0 amide bonds. The summed E-state index contributed by atoms with van der Waals surface area (Å²) in [4.78, 5) is 9.47. The van der Waals surface area contributed by atoms with Crippen LogP contribution in [0.3, 0.4) is 0 Å². The van der Waals surface area contributed by atoms with E-state index in [2.05, 4.69) is 37.3 Å². The van der Waals surface area contributed by atoms with Gasteiger partial charge in [0.05, 0.1) is 5.69 Å². The fourth-order valence-corrected chi connectivity index (χ4v) is 2.64. The number of fused-ring (bicyclic) bond motifs is 1. The van der Waals surface area contributed by atoms with E-state index in [4.69, 9.17) is 9.97 Å². The van der Waals surface area contributed by atoms with Gasteiger partial charge in [-0.2, -0.15) is 0 Å². The maximum absolute atomic E-state index is 4.76. The van der Waals surface area contributed by atoms with Crippen LogP contribution in [0.5, 0.6) is 0 Å². The molecule has 2 aromatic rings. The Morgan fingerprint density at radius 1 is 1.00 bits per heavy atom. The highest BCUT2D eigenvalue weighted by Crippen LogP contribution is 2.29. The van der Waals surface area contributed by atoms with Gasteiger partial charge in [-0.15, -0.1) is 0 Å². The van der Waals surface area contributed by atoms with Gasteiger partial charge in [-0.25, -0.2) is 9.97 Å². The molecule has 0 aliphatic heterocycles. The van der Waals surface area contributed by atoms with Gasteiger partial charge in [0.25, 0.3) is 0 Å². The lowest BCUT2D eigenvalue weighted by atomic mass is 9.92. The zero-order valence-electron chi connectivity index (χ0n) is 10.8. The number of benzene rings is 1. The van der Waals surface area contributed by atoms with Crippen molar-refractivity contribution in [3.63, 3.8) is 0 Å². The normalized spacial score (nSPS) is 14.3. The topological polar surface area (TPSA) is 25.8 Å². The Hall–Kier alpha value is -1.70. The molecule has 0 fully saturated rings. The van der Waals surface area contributed by atoms with Gasteiger partial charge in [0.2, 0.25) is 0 Å². The van der Waals surface area contributed by atoms with E-state index >= 15 is 0 Å². The highest BCUT2D eigenvalue weighted by Gasteiger charge is 2.18. The van der Waals surface area contributed by atoms with Crippen molar-refractivity contribution in [2.75, 3.05) is 0 Å². The molecule has 0 unspecified atom stereocenters. The van der Waals surface area contributed by atoms with Crippen molar-refractivity contribution in [1.82, 2.24) is 9.97 Å². The van der Waals surface area contributed by atoms with Gasteiger partial charge in [0, 0.05) is 23.2 Å². The van der Waals surface area contributed by atoms with Crippen LogP contribution in [-0.2, 0) is 19.3 Å². The van der Waals surface area contributed by atoms with Crippen LogP contribution in [-0.4, -0.2) is 9.97 Å². The predicted molar refractivity (Wildman–Crippen MR) is 73.5 cm³/mol. The van der Waals surface area contributed by atoms with Crippen molar-refractivity contribution in [3.05, 3.63) is 47.4 Å². The maximum atomic E-state index is 4.76. The van der Waals surface area contributed by atoms with Crippen molar-refractivity contribution >= 4 is 0 Å². The van der Waals surface area contributed by atoms with Crippen LogP contribution in [0.4, 0.5) is 0 Å². The van der Waals surface area contributed by atoms with E-state index in [1.54, 1.807) is 0 Å². The SMILES string of the molecule is CCc1nc2c(c(-c3ccccc3)n1)CCCC2. The van der Waals surface area contributed by atoms with Gasteiger partial charge >= 0.3 is 0 Å². The molecule has 0 saturated carbocycles. The minimum atomic E-state index is 0.910. The first kappa shape index (κ1) is 11.4. The van der Waals surface area contributed by atoms with Gasteiger partial charge in [-0.3, -0.25) is 0 Å². The van der Waals surface area contributed by atoms with E-state index < -0.39 is 0 Å². The predicted octanol–water partition coefficient (Wildman–Crippen LogP) is 3.58. The summed E-state index contributed by atoms with van der Waals surface area (Å²) >= 11 is 0. The van der Waals surface area contributed by atoms with E-state index in [-0.39, 0.29) is 0 Å². The lowest BCUT2D eigenvalue weighted by Gasteiger charge is -2.19. The minimum Gasteiger partial charge on any atom is -0.238 e. The molecule has 1 heterocycles. The summed E-state index contributed by atoms with van der Waals surface area (Å²) in [5.41, 5.74) is 5.06. The van der Waals surface area contributed by atoms with Gasteiger partial charge in [0.1, 0.15) is 5.82 Å². The molecule has 0 spiro atoms. The number of hydrogen-bond donors (Lipinski definition) is 0. The van der Waals surface area contributed by atoms with Crippen molar-refractivity contribution in [3.8, 4) is 11.3 Å². The number of rotatable bonds is 2. The molecule has 1 aliphatic carbocycles. The summed E-state index contributed by atoms with van der Waals surface area (Å²) < 4.78 is 0. The first-order chi connectivity index (χ1) is 8.88. The van der Waals surface area contributed by atoms with Crippen molar-refractivity contribution in [1.29, 1.82) is 0 Å². The summed E-state index contributed by atoms with van der Waals surface area (Å²) in [6.07, 6.45) is 5.68. The van der Waals surface area contributed by atoms with Crippen molar-refractivity contribution in [2.45, 2.75) is 39.0 Å². The fraction of sp³-hybridized carbons (Fsp3) is 0.375. The molecule has 3 rings (SSSR count). The number of hydrogen-bond acceptors (Lipinski definition) is 2. The Labute approximate surface area is 108 Å². The molecule has 1 aromatic heterocycles. The third kappa shape index (κ3) is 2.03. The van der Waals surface area contributed by atoms with E-state index in [0.29, 0.717) is 0 Å². The maximum Gasteiger partial charge on any atom is 0.129 e. The number of nitrogens with zero attached hydrogens (tertiary/aromatic N) is 2. The second-order valence-corrected chi connectivity index (χ2v) is 4.84. The molecule has 1 aliphatic rings. The smallest absolute Gasteiger partial charge is 0.129 e. The lowest BCUT2D eigenvalue weighted by molar-refractivity contribution is 0.656. The molecule has 0 bridgehead atoms. The first-order valence-electron chi connectivity index (χ1n) is 6.82. The van der Waals surface area contributed by atoms with Crippen molar-refractivity contribution < 1.29 is 0 Å². The summed E-state index contributed by atoms with van der Waals surface area (Å²) in [5, 5.41) is 0. The van der Waals surface area contributed by atoms with Crippen LogP contribution in [0.1, 0.15) is 36.8 Å². The molecule has 2 heteroatoms. The molecular formula is C16H18N2. The largest absolute Gasteiger partial charge is 0.238 e. The van der Waals surface area contributed by atoms with E-state index in [9.17, 15) is 0 Å². The van der Waals surface area contributed by atoms with Gasteiger partial charge < -0.3 is 0 Å².